The van der Waals surface area contributed by atoms with Crippen molar-refractivity contribution in [3.63, 3.8) is 0 Å². The highest BCUT2D eigenvalue weighted by Crippen LogP contribution is 2.36. The summed E-state index contributed by atoms with van der Waals surface area (Å²) in [6.07, 6.45) is 8.22. The minimum Gasteiger partial charge on any atom is -0.307 e. The summed E-state index contributed by atoms with van der Waals surface area (Å²) in [7, 11) is 2.00. The van der Waals surface area contributed by atoms with Gasteiger partial charge in [-0.3, -0.25) is 4.68 Å². The second-order valence-corrected chi connectivity index (χ2v) is 7.15. The van der Waals surface area contributed by atoms with Crippen molar-refractivity contribution in [2.45, 2.75) is 51.6 Å². The van der Waals surface area contributed by atoms with E-state index >= 15 is 0 Å². The third-order valence-corrected chi connectivity index (χ3v) is 5.84. The summed E-state index contributed by atoms with van der Waals surface area (Å²) in [5.41, 5.74) is 2.63. The van der Waals surface area contributed by atoms with Crippen molar-refractivity contribution >= 4 is 22.9 Å². The van der Waals surface area contributed by atoms with Gasteiger partial charge in [0.1, 0.15) is 0 Å². The zero-order chi connectivity index (χ0) is 14.8. The number of nitrogens with zero attached hydrogens (tertiary/aromatic N) is 2. The van der Waals surface area contributed by atoms with Crippen molar-refractivity contribution in [1.82, 2.24) is 15.1 Å². The average molecular weight is 324 g/mol. The van der Waals surface area contributed by atoms with Gasteiger partial charge in [-0.05, 0) is 51.3 Å². The van der Waals surface area contributed by atoms with E-state index in [9.17, 15) is 0 Å². The zero-order valence-corrected chi connectivity index (χ0v) is 14.2. The molecule has 1 unspecified atom stereocenters. The maximum absolute atomic E-state index is 6.38. The SMILES string of the molecule is CCn1ncc(Cl)c1C(NC)c1cc2c(s1)CCCCC2. The van der Waals surface area contributed by atoms with Crippen molar-refractivity contribution in [2.24, 2.45) is 0 Å². The summed E-state index contributed by atoms with van der Waals surface area (Å²) in [5, 5.41) is 8.55. The van der Waals surface area contributed by atoms with Crippen LogP contribution in [-0.4, -0.2) is 16.8 Å². The molecule has 0 radical (unpaired) electrons. The summed E-state index contributed by atoms with van der Waals surface area (Å²) in [6.45, 7) is 2.94. The number of halogens is 1. The number of rotatable bonds is 4. The van der Waals surface area contributed by atoms with E-state index < -0.39 is 0 Å². The van der Waals surface area contributed by atoms with E-state index in [-0.39, 0.29) is 6.04 Å². The second-order valence-electron chi connectivity index (χ2n) is 5.57. The monoisotopic (exact) mass is 323 g/mol. The van der Waals surface area contributed by atoms with E-state index in [0.717, 1.165) is 17.3 Å². The van der Waals surface area contributed by atoms with E-state index in [1.807, 2.05) is 23.1 Å². The molecule has 1 atom stereocenters. The zero-order valence-electron chi connectivity index (χ0n) is 12.7. The van der Waals surface area contributed by atoms with Crippen LogP contribution in [0.4, 0.5) is 0 Å². The van der Waals surface area contributed by atoms with E-state index in [2.05, 4.69) is 23.4 Å². The summed E-state index contributed by atoms with van der Waals surface area (Å²) >= 11 is 8.33. The van der Waals surface area contributed by atoms with Gasteiger partial charge >= 0.3 is 0 Å². The first kappa shape index (κ1) is 15.1. The lowest BCUT2D eigenvalue weighted by atomic mass is 10.1. The number of aromatic nitrogens is 2. The average Bonchev–Trinajstić information content (AvgIpc) is 2.98. The number of aryl methyl sites for hydroxylation is 3. The summed E-state index contributed by atoms with van der Waals surface area (Å²) in [4.78, 5) is 2.93. The van der Waals surface area contributed by atoms with E-state index in [1.54, 1.807) is 16.6 Å². The first-order valence-electron chi connectivity index (χ1n) is 7.74. The van der Waals surface area contributed by atoms with Gasteiger partial charge in [-0.25, -0.2) is 0 Å². The Hall–Kier alpha value is -0.840. The van der Waals surface area contributed by atoms with Gasteiger partial charge in [0.25, 0.3) is 0 Å². The molecule has 0 aromatic carbocycles. The molecule has 2 aromatic heterocycles. The van der Waals surface area contributed by atoms with Gasteiger partial charge in [0, 0.05) is 16.3 Å². The first-order chi connectivity index (χ1) is 10.2. The van der Waals surface area contributed by atoms with Crippen molar-refractivity contribution < 1.29 is 0 Å². The number of nitrogens with one attached hydrogen (secondary N) is 1. The topological polar surface area (TPSA) is 29.9 Å². The lowest BCUT2D eigenvalue weighted by Crippen LogP contribution is -2.21. The highest BCUT2D eigenvalue weighted by atomic mass is 35.5. The molecule has 1 N–H and O–H groups in total. The Balaban J connectivity index is 1.98. The van der Waals surface area contributed by atoms with Gasteiger partial charge in [0.05, 0.1) is 23.0 Å². The number of hydrogen-bond acceptors (Lipinski definition) is 3. The molecule has 3 nitrogen and oxygen atoms in total. The quantitative estimate of drug-likeness (QED) is 0.855. The molecule has 21 heavy (non-hydrogen) atoms. The summed E-state index contributed by atoms with van der Waals surface area (Å²) in [5.74, 6) is 0. The van der Waals surface area contributed by atoms with Crippen LogP contribution in [0.2, 0.25) is 5.02 Å². The van der Waals surface area contributed by atoms with Crippen LogP contribution < -0.4 is 5.32 Å². The molecule has 2 aromatic rings. The predicted molar refractivity (Wildman–Crippen MR) is 89.4 cm³/mol. The molecule has 0 aliphatic heterocycles. The minimum atomic E-state index is 0.136. The van der Waals surface area contributed by atoms with Crippen molar-refractivity contribution in [3.8, 4) is 0 Å². The van der Waals surface area contributed by atoms with E-state index in [4.69, 9.17) is 11.6 Å². The van der Waals surface area contributed by atoms with E-state index in [0.29, 0.717) is 0 Å². The van der Waals surface area contributed by atoms with Crippen molar-refractivity contribution in [1.29, 1.82) is 0 Å². The fraction of sp³-hybridized carbons (Fsp3) is 0.562. The largest absolute Gasteiger partial charge is 0.307 e. The smallest absolute Gasteiger partial charge is 0.0854 e. The number of fused-ring (bicyclic) bond motifs is 1. The molecule has 0 saturated carbocycles. The molecular formula is C16H22ClN3S. The van der Waals surface area contributed by atoms with Crippen LogP contribution in [0, 0.1) is 0 Å². The number of thiophene rings is 1. The first-order valence-corrected chi connectivity index (χ1v) is 8.94. The van der Waals surface area contributed by atoms with Gasteiger partial charge in [-0.2, -0.15) is 5.10 Å². The molecule has 0 amide bonds. The lowest BCUT2D eigenvalue weighted by molar-refractivity contribution is 0.567. The normalized spacial score (nSPS) is 16.5. The van der Waals surface area contributed by atoms with Crippen molar-refractivity contribution in [2.75, 3.05) is 7.05 Å². The van der Waals surface area contributed by atoms with Crippen LogP contribution in [0.3, 0.4) is 0 Å². The Labute approximate surface area is 135 Å². The highest BCUT2D eigenvalue weighted by Gasteiger charge is 2.24. The third-order valence-electron chi connectivity index (χ3n) is 4.25. The molecule has 3 rings (SSSR count). The Morgan fingerprint density at radius 3 is 2.95 bits per heavy atom. The van der Waals surface area contributed by atoms with Gasteiger partial charge in [-0.1, -0.05) is 18.0 Å². The predicted octanol–water partition coefficient (Wildman–Crippen LogP) is 4.20. The highest BCUT2D eigenvalue weighted by molar-refractivity contribution is 7.12. The Kier molecular flexibility index (Phi) is 4.67. The van der Waals surface area contributed by atoms with Crippen LogP contribution in [0.1, 0.15) is 53.2 Å². The molecule has 0 saturated heterocycles. The summed E-state index contributed by atoms with van der Waals surface area (Å²) < 4.78 is 1.99. The van der Waals surface area contributed by atoms with Crippen LogP contribution in [0.5, 0.6) is 0 Å². The van der Waals surface area contributed by atoms with Crippen molar-refractivity contribution in [3.05, 3.63) is 38.3 Å². The van der Waals surface area contributed by atoms with E-state index in [1.165, 1.54) is 37.0 Å². The second kappa shape index (κ2) is 6.51. The maximum Gasteiger partial charge on any atom is 0.0854 e. The Morgan fingerprint density at radius 2 is 2.19 bits per heavy atom. The molecule has 1 aliphatic carbocycles. The Bertz CT molecular complexity index is 594. The minimum absolute atomic E-state index is 0.136. The molecule has 0 fully saturated rings. The summed E-state index contributed by atoms with van der Waals surface area (Å²) in [6, 6.07) is 2.52. The lowest BCUT2D eigenvalue weighted by Gasteiger charge is -2.17. The van der Waals surface area contributed by atoms with Gasteiger partial charge in [0.2, 0.25) is 0 Å². The van der Waals surface area contributed by atoms with Crippen LogP contribution >= 0.6 is 22.9 Å². The fourth-order valence-electron chi connectivity index (χ4n) is 3.16. The third kappa shape index (κ3) is 2.89. The van der Waals surface area contributed by atoms with Gasteiger partial charge in [0.15, 0.2) is 0 Å². The Morgan fingerprint density at radius 1 is 1.38 bits per heavy atom. The standard InChI is InChI=1S/C16H22ClN3S/c1-3-20-16(12(17)10-19-20)15(18-2)14-9-11-7-5-4-6-8-13(11)21-14/h9-10,15,18H,3-8H2,1-2H3. The molecule has 0 spiro atoms. The molecule has 0 bridgehead atoms. The van der Waals surface area contributed by atoms with Crippen LogP contribution in [0.25, 0.3) is 0 Å². The maximum atomic E-state index is 6.38. The molecule has 1 aliphatic rings. The molecular weight excluding hydrogens is 302 g/mol. The molecule has 5 heteroatoms. The molecule has 2 heterocycles. The van der Waals surface area contributed by atoms with Crippen LogP contribution in [-0.2, 0) is 19.4 Å². The number of hydrogen-bond donors (Lipinski definition) is 1. The van der Waals surface area contributed by atoms with Gasteiger partial charge in [-0.15, -0.1) is 11.3 Å². The fourth-order valence-corrected chi connectivity index (χ4v) is 4.78. The van der Waals surface area contributed by atoms with Crippen LogP contribution in [0.15, 0.2) is 12.3 Å². The van der Waals surface area contributed by atoms with Gasteiger partial charge < -0.3 is 5.32 Å². The molecule has 114 valence electrons.